The van der Waals surface area contributed by atoms with Gasteiger partial charge in [0, 0.05) is 24.3 Å². The van der Waals surface area contributed by atoms with Crippen molar-refractivity contribution in [3.05, 3.63) is 0 Å². The molecule has 1 N–H and O–H groups in total. The number of nitrogens with one attached hydrogen (secondary N) is 1. The van der Waals surface area contributed by atoms with Gasteiger partial charge in [-0.25, -0.2) is 0 Å². The zero-order chi connectivity index (χ0) is 16.3. The number of carbonyl (C=O) groups is 2. The second kappa shape index (κ2) is 7.21. The molecule has 0 aromatic rings. The largest absolute Gasteiger partial charge is 0.341 e. The Kier molecular flexibility index (Phi) is 5.77. The summed E-state index contributed by atoms with van der Waals surface area (Å²) in [5, 5.41) is 3.22. The first-order valence-electron chi connectivity index (χ1n) is 8.16. The molecule has 2 amide bonds. The van der Waals surface area contributed by atoms with Crippen LogP contribution in [0, 0.1) is 11.3 Å². The number of thioether (sulfide) groups is 1. The molecule has 2 aliphatic heterocycles. The molecule has 6 heteroatoms. The third kappa shape index (κ3) is 3.96. The predicted octanol–water partition coefficient (Wildman–Crippen LogP) is 1.39. The van der Waals surface area contributed by atoms with Crippen LogP contribution in [0.25, 0.3) is 0 Å². The molecule has 0 aromatic carbocycles. The number of nitrogens with zero attached hydrogens (tertiary/aromatic N) is 2. The molecule has 0 aliphatic carbocycles. The quantitative estimate of drug-likeness (QED) is 0.851. The molecular weight excluding hydrogens is 298 g/mol. The van der Waals surface area contributed by atoms with E-state index in [1.165, 1.54) is 0 Å². The highest BCUT2D eigenvalue weighted by Crippen LogP contribution is 2.29. The molecule has 2 saturated heterocycles. The van der Waals surface area contributed by atoms with Gasteiger partial charge >= 0.3 is 0 Å². The van der Waals surface area contributed by atoms with E-state index >= 15 is 0 Å². The SMILES string of the molecule is CNCC1CCN(C(=O)C2CSCN2C(=O)C(C)(C)C)CC1. The van der Waals surface area contributed by atoms with E-state index < -0.39 is 5.41 Å². The summed E-state index contributed by atoms with van der Waals surface area (Å²) in [6, 6.07) is -0.266. The van der Waals surface area contributed by atoms with Crippen LogP contribution < -0.4 is 5.32 Å². The molecule has 1 atom stereocenters. The van der Waals surface area contributed by atoms with E-state index in [4.69, 9.17) is 0 Å². The first-order valence-corrected chi connectivity index (χ1v) is 9.32. The maximum atomic E-state index is 12.8. The van der Waals surface area contributed by atoms with Crippen LogP contribution in [0.15, 0.2) is 0 Å². The van der Waals surface area contributed by atoms with Gasteiger partial charge in [-0.05, 0) is 32.4 Å². The fraction of sp³-hybridized carbons (Fsp3) is 0.875. The Balaban J connectivity index is 1.96. The fourth-order valence-corrected chi connectivity index (χ4v) is 4.28. The summed E-state index contributed by atoms with van der Waals surface area (Å²) in [4.78, 5) is 29.1. The van der Waals surface area contributed by atoms with Gasteiger partial charge in [-0.1, -0.05) is 20.8 Å². The van der Waals surface area contributed by atoms with E-state index in [-0.39, 0.29) is 17.9 Å². The molecule has 1 unspecified atom stereocenters. The molecule has 126 valence electrons. The van der Waals surface area contributed by atoms with E-state index in [2.05, 4.69) is 5.32 Å². The molecule has 2 fully saturated rings. The minimum Gasteiger partial charge on any atom is -0.341 e. The second-order valence-corrected chi connectivity index (χ2v) is 8.37. The Hall–Kier alpha value is -0.750. The molecule has 2 aliphatic rings. The lowest BCUT2D eigenvalue weighted by atomic mass is 9.93. The minimum atomic E-state index is -0.427. The van der Waals surface area contributed by atoms with Crippen LogP contribution in [-0.2, 0) is 9.59 Å². The first-order chi connectivity index (χ1) is 10.3. The number of hydrogen-bond donors (Lipinski definition) is 1. The van der Waals surface area contributed by atoms with Crippen LogP contribution in [0.2, 0.25) is 0 Å². The van der Waals surface area contributed by atoms with Crippen LogP contribution >= 0.6 is 11.8 Å². The molecule has 0 saturated carbocycles. The molecule has 0 spiro atoms. The Bertz CT molecular complexity index is 414. The van der Waals surface area contributed by atoms with Crippen LogP contribution in [-0.4, -0.2) is 66.0 Å². The van der Waals surface area contributed by atoms with Crippen molar-refractivity contribution < 1.29 is 9.59 Å². The Labute approximate surface area is 138 Å². The van der Waals surface area contributed by atoms with Crippen molar-refractivity contribution in [3.63, 3.8) is 0 Å². The summed E-state index contributed by atoms with van der Waals surface area (Å²) in [5.74, 6) is 2.27. The molecule has 0 bridgehead atoms. The summed E-state index contributed by atoms with van der Waals surface area (Å²) in [6.45, 7) is 8.43. The number of amides is 2. The number of likely N-dealkylation sites (tertiary alicyclic amines) is 1. The van der Waals surface area contributed by atoms with Gasteiger partial charge in [-0.2, -0.15) is 0 Å². The van der Waals surface area contributed by atoms with Gasteiger partial charge < -0.3 is 15.1 Å². The summed E-state index contributed by atoms with van der Waals surface area (Å²) in [5.41, 5.74) is -0.427. The third-order valence-electron chi connectivity index (χ3n) is 4.49. The van der Waals surface area contributed by atoms with E-state index in [1.807, 2.05) is 32.7 Å². The highest BCUT2D eigenvalue weighted by Gasteiger charge is 2.41. The molecule has 0 aromatic heterocycles. The monoisotopic (exact) mass is 327 g/mol. The standard InChI is InChI=1S/C16H29N3O2S/c1-16(2,3)15(21)19-11-22-10-13(19)14(20)18-7-5-12(6-8-18)9-17-4/h12-13,17H,5-11H2,1-4H3. The summed E-state index contributed by atoms with van der Waals surface area (Å²) in [6.07, 6.45) is 2.11. The van der Waals surface area contributed by atoms with E-state index in [1.54, 1.807) is 16.7 Å². The van der Waals surface area contributed by atoms with Gasteiger partial charge in [0.05, 0.1) is 5.88 Å². The van der Waals surface area contributed by atoms with Crippen LogP contribution in [0.3, 0.4) is 0 Å². The Morgan fingerprint density at radius 1 is 1.23 bits per heavy atom. The number of piperidine rings is 1. The van der Waals surface area contributed by atoms with Gasteiger partial charge in [0.2, 0.25) is 11.8 Å². The van der Waals surface area contributed by atoms with Crippen LogP contribution in [0.5, 0.6) is 0 Å². The van der Waals surface area contributed by atoms with Crippen molar-refractivity contribution in [2.45, 2.75) is 39.7 Å². The van der Waals surface area contributed by atoms with E-state index in [0.29, 0.717) is 11.8 Å². The molecular formula is C16H29N3O2S. The lowest BCUT2D eigenvalue weighted by Gasteiger charge is -2.36. The predicted molar refractivity (Wildman–Crippen MR) is 90.6 cm³/mol. The average molecular weight is 327 g/mol. The minimum absolute atomic E-state index is 0.0842. The van der Waals surface area contributed by atoms with Gasteiger partial charge in [0.15, 0.2) is 0 Å². The molecule has 22 heavy (non-hydrogen) atoms. The zero-order valence-electron chi connectivity index (χ0n) is 14.2. The topological polar surface area (TPSA) is 52.7 Å². The van der Waals surface area contributed by atoms with Gasteiger partial charge in [0.25, 0.3) is 0 Å². The van der Waals surface area contributed by atoms with Crippen molar-refractivity contribution in [1.29, 1.82) is 0 Å². The molecule has 5 nitrogen and oxygen atoms in total. The van der Waals surface area contributed by atoms with Crippen molar-refractivity contribution in [2.75, 3.05) is 38.3 Å². The van der Waals surface area contributed by atoms with Crippen LogP contribution in [0.1, 0.15) is 33.6 Å². The highest BCUT2D eigenvalue weighted by atomic mass is 32.2. The van der Waals surface area contributed by atoms with Crippen molar-refractivity contribution in [3.8, 4) is 0 Å². The highest BCUT2D eigenvalue weighted by molar-refractivity contribution is 7.99. The third-order valence-corrected chi connectivity index (χ3v) is 5.50. The maximum absolute atomic E-state index is 12.8. The maximum Gasteiger partial charge on any atom is 0.246 e. The van der Waals surface area contributed by atoms with Crippen LogP contribution in [0.4, 0.5) is 0 Å². The van der Waals surface area contributed by atoms with E-state index in [9.17, 15) is 9.59 Å². The van der Waals surface area contributed by atoms with E-state index in [0.717, 1.165) is 38.2 Å². The summed E-state index contributed by atoms with van der Waals surface area (Å²) in [7, 11) is 1.98. The lowest BCUT2D eigenvalue weighted by molar-refractivity contribution is -0.148. The van der Waals surface area contributed by atoms with Crippen molar-refractivity contribution in [1.82, 2.24) is 15.1 Å². The fourth-order valence-electron chi connectivity index (χ4n) is 3.14. The van der Waals surface area contributed by atoms with Gasteiger partial charge in [-0.15, -0.1) is 11.8 Å². The van der Waals surface area contributed by atoms with Crippen molar-refractivity contribution in [2.24, 2.45) is 11.3 Å². The zero-order valence-corrected chi connectivity index (χ0v) is 15.0. The van der Waals surface area contributed by atoms with Gasteiger partial charge in [-0.3, -0.25) is 9.59 Å². The first kappa shape index (κ1) is 17.6. The second-order valence-electron chi connectivity index (χ2n) is 7.37. The van der Waals surface area contributed by atoms with Crippen molar-refractivity contribution >= 4 is 23.6 Å². The van der Waals surface area contributed by atoms with Gasteiger partial charge in [0.1, 0.15) is 6.04 Å². The Morgan fingerprint density at radius 3 is 2.41 bits per heavy atom. The molecule has 0 radical (unpaired) electrons. The lowest BCUT2D eigenvalue weighted by Crippen LogP contribution is -2.53. The summed E-state index contributed by atoms with van der Waals surface area (Å²) < 4.78 is 0. The number of carbonyl (C=O) groups excluding carboxylic acids is 2. The summed E-state index contributed by atoms with van der Waals surface area (Å²) >= 11 is 1.68. The average Bonchev–Trinajstić information content (AvgIpc) is 2.95. The number of rotatable bonds is 3. The molecule has 2 heterocycles. The molecule has 2 rings (SSSR count). The smallest absolute Gasteiger partial charge is 0.246 e. The Morgan fingerprint density at radius 2 is 1.86 bits per heavy atom. The normalized spacial score (nSPS) is 23.9. The number of hydrogen-bond acceptors (Lipinski definition) is 4.